The number of amides is 1. The maximum absolute atomic E-state index is 12.4. The van der Waals surface area contributed by atoms with Crippen molar-refractivity contribution in [2.24, 2.45) is 0 Å². The fourth-order valence-corrected chi connectivity index (χ4v) is 3.27. The minimum atomic E-state index is -0.189. The zero-order valence-electron chi connectivity index (χ0n) is 12.9. The Morgan fingerprint density at radius 3 is 2.73 bits per heavy atom. The predicted molar refractivity (Wildman–Crippen MR) is 91.0 cm³/mol. The first-order valence-corrected chi connectivity index (χ1v) is 8.21. The molecule has 118 valence electrons. The summed E-state index contributed by atoms with van der Waals surface area (Å²) in [6.07, 6.45) is 0. The number of quaternary nitrogens is 1. The maximum atomic E-state index is 12.4. The van der Waals surface area contributed by atoms with Gasteiger partial charge in [0.2, 0.25) is 0 Å². The van der Waals surface area contributed by atoms with Crippen molar-refractivity contribution in [3.05, 3.63) is 45.6 Å². The van der Waals surface area contributed by atoms with Gasteiger partial charge in [-0.1, -0.05) is 23.7 Å². The molecule has 0 aliphatic rings. The largest absolute Gasteiger partial charge is 0.495 e. The van der Waals surface area contributed by atoms with E-state index in [-0.39, 0.29) is 11.9 Å². The Labute approximate surface area is 139 Å². The number of carbonyl (C=O) groups excluding carboxylic acids is 1. The van der Waals surface area contributed by atoms with Crippen molar-refractivity contribution in [2.75, 3.05) is 19.5 Å². The summed E-state index contributed by atoms with van der Waals surface area (Å²) in [6, 6.07) is 11.1. The number of anilines is 1. The third-order valence-electron chi connectivity index (χ3n) is 3.58. The van der Waals surface area contributed by atoms with E-state index in [0.717, 1.165) is 15.8 Å². The number of hydrogen-bond acceptors (Lipinski definition) is 3. The average molecular weight is 340 g/mol. The first-order chi connectivity index (χ1) is 10.5. The summed E-state index contributed by atoms with van der Waals surface area (Å²) in [4.78, 5) is 14.7. The van der Waals surface area contributed by atoms with Crippen LogP contribution in [0.25, 0.3) is 0 Å². The third kappa shape index (κ3) is 4.22. The van der Waals surface area contributed by atoms with Crippen LogP contribution >= 0.6 is 22.9 Å². The van der Waals surface area contributed by atoms with E-state index in [1.807, 2.05) is 50.4 Å². The summed E-state index contributed by atoms with van der Waals surface area (Å²) in [5.74, 6) is 0.621. The van der Waals surface area contributed by atoms with Gasteiger partial charge in [0.05, 0.1) is 29.1 Å². The van der Waals surface area contributed by atoms with Crippen molar-refractivity contribution < 1.29 is 14.4 Å². The lowest BCUT2D eigenvalue weighted by Crippen LogP contribution is -3.12. The van der Waals surface area contributed by atoms with E-state index in [0.29, 0.717) is 11.4 Å². The zero-order chi connectivity index (χ0) is 16.1. The quantitative estimate of drug-likeness (QED) is 0.849. The molecule has 2 aromatic rings. The molecule has 2 N–H and O–H groups in total. The predicted octanol–water partition coefficient (Wildman–Crippen LogP) is 2.45. The summed E-state index contributed by atoms with van der Waals surface area (Å²) < 4.78 is 6.02. The summed E-state index contributed by atoms with van der Waals surface area (Å²) in [5, 5.41) is 2.93. The van der Waals surface area contributed by atoms with Crippen molar-refractivity contribution in [1.82, 2.24) is 0 Å². The second-order valence-electron chi connectivity index (χ2n) is 5.14. The van der Waals surface area contributed by atoms with Crippen molar-refractivity contribution in [3.8, 4) is 5.75 Å². The molecule has 22 heavy (non-hydrogen) atoms. The molecule has 1 aromatic heterocycles. The van der Waals surface area contributed by atoms with E-state index in [1.165, 1.54) is 4.88 Å². The van der Waals surface area contributed by atoms with Crippen molar-refractivity contribution in [1.29, 1.82) is 0 Å². The van der Waals surface area contributed by atoms with Gasteiger partial charge in [-0.25, -0.2) is 0 Å². The van der Waals surface area contributed by atoms with Crippen LogP contribution in [0.4, 0.5) is 5.69 Å². The topological polar surface area (TPSA) is 42.8 Å². The van der Waals surface area contributed by atoms with E-state index in [4.69, 9.17) is 16.3 Å². The van der Waals surface area contributed by atoms with E-state index in [1.54, 1.807) is 18.4 Å². The lowest BCUT2D eigenvalue weighted by Gasteiger charge is -2.21. The average Bonchev–Trinajstić information content (AvgIpc) is 2.92. The highest BCUT2D eigenvalue weighted by atomic mass is 35.5. The number of ether oxygens (including phenoxy) is 1. The van der Waals surface area contributed by atoms with Gasteiger partial charge in [0, 0.05) is 0 Å². The number of methoxy groups -OCH3 is 1. The second kappa shape index (κ2) is 7.63. The Morgan fingerprint density at radius 1 is 1.36 bits per heavy atom. The monoisotopic (exact) mass is 339 g/mol. The Morgan fingerprint density at radius 2 is 2.09 bits per heavy atom. The molecule has 0 spiro atoms. The van der Waals surface area contributed by atoms with Crippen LogP contribution in [-0.4, -0.2) is 26.1 Å². The van der Waals surface area contributed by atoms with Gasteiger partial charge in [0.15, 0.2) is 6.04 Å². The Hall–Kier alpha value is -1.56. The van der Waals surface area contributed by atoms with Gasteiger partial charge in [-0.15, -0.1) is 11.3 Å². The number of thiophene rings is 1. The molecule has 1 heterocycles. The molecule has 1 unspecified atom stereocenters. The normalized spacial score (nSPS) is 13.5. The standard InChI is InChI=1S/C16H19ClN2O2S/c1-11(19(2)10-12-8-9-15(17)22-12)16(20)18-13-6-4-5-7-14(13)21-3/h4-9,11H,10H2,1-3H3,(H,18,20)/p+1/t11-/m0/s1. The Balaban J connectivity index is 1.99. The molecular formula is C16H20ClN2O2S+. The molecule has 0 aliphatic carbocycles. The molecular weight excluding hydrogens is 320 g/mol. The van der Waals surface area contributed by atoms with Crippen LogP contribution in [0.3, 0.4) is 0 Å². The molecule has 4 nitrogen and oxygen atoms in total. The van der Waals surface area contributed by atoms with Gasteiger partial charge in [0.25, 0.3) is 5.91 Å². The fourth-order valence-electron chi connectivity index (χ4n) is 2.09. The number of halogens is 1. The molecule has 2 rings (SSSR count). The number of para-hydroxylation sites is 2. The van der Waals surface area contributed by atoms with Crippen molar-refractivity contribution in [2.45, 2.75) is 19.5 Å². The van der Waals surface area contributed by atoms with E-state index >= 15 is 0 Å². The van der Waals surface area contributed by atoms with Crippen LogP contribution in [0.1, 0.15) is 11.8 Å². The number of carbonyl (C=O) groups is 1. The highest BCUT2D eigenvalue weighted by Gasteiger charge is 2.23. The van der Waals surface area contributed by atoms with Gasteiger partial charge in [-0.2, -0.15) is 0 Å². The third-order valence-corrected chi connectivity index (χ3v) is 4.81. The molecule has 1 amide bonds. The van der Waals surface area contributed by atoms with E-state index in [9.17, 15) is 4.79 Å². The summed E-state index contributed by atoms with van der Waals surface area (Å²) in [7, 11) is 3.59. The summed E-state index contributed by atoms with van der Waals surface area (Å²) >= 11 is 7.49. The molecule has 6 heteroatoms. The van der Waals surface area contributed by atoms with Gasteiger partial charge in [-0.05, 0) is 31.2 Å². The molecule has 0 fully saturated rings. The van der Waals surface area contributed by atoms with Gasteiger partial charge < -0.3 is 15.0 Å². The number of benzene rings is 1. The number of hydrogen-bond donors (Lipinski definition) is 2. The highest BCUT2D eigenvalue weighted by Crippen LogP contribution is 2.23. The zero-order valence-corrected chi connectivity index (χ0v) is 14.4. The Bertz CT molecular complexity index is 645. The first kappa shape index (κ1) is 16.8. The molecule has 2 atom stereocenters. The minimum absolute atomic E-state index is 0.0374. The van der Waals surface area contributed by atoms with Crippen molar-refractivity contribution >= 4 is 34.5 Å². The van der Waals surface area contributed by atoms with Gasteiger partial charge in [-0.3, -0.25) is 4.79 Å². The number of likely N-dealkylation sites (N-methyl/N-ethyl adjacent to an activating group) is 1. The SMILES string of the molecule is COc1ccccc1NC(=O)[C@H](C)[NH+](C)Cc1ccc(Cl)s1. The fraction of sp³-hybridized carbons (Fsp3) is 0.312. The van der Waals surface area contributed by atoms with Crippen LogP contribution in [0.2, 0.25) is 4.34 Å². The van der Waals surface area contributed by atoms with Crippen LogP contribution in [0.5, 0.6) is 5.75 Å². The van der Waals surface area contributed by atoms with Crippen LogP contribution in [-0.2, 0) is 11.3 Å². The number of rotatable bonds is 6. The van der Waals surface area contributed by atoms with Crippen LogP contribution in [0, 0.1) is 0 Å². The summed E-state index contributed by atoms with van der Waals surface area (Å²) in [6.45, 7) is 2.67. The van der Waals surface area contributed by atoms with Gasteiger partial charge in [0.1, 0.15) is 12.3 Å². The molecule has 1 aromatic carbocycles. The first-order valence-electron chi connectivity index (χ1n) is 7.01. The lowest BCUT2D eigenvalue weighted by molar-refractivity contribution is -0.907. The minimum Gasteiger partial charge on any atom is -0.495 e. The van der Waals surface area contributed by atoms with Crippen molar-refractivity contribution in [3.63, 3.8) is 0 Å². The molecule has 0 radical (unpaired) electrons. The van der Waals surface area contributed by atoms with Gasteiger partial charge >= 0.3 is 0 Å². The maximum Gasteiger partial charge on any atom is 0.282 e. The van der Waals surface area contributed by atoms with E-state index in [2.05, 4.69) is 5.32 Å². The molecule has 0 saturated heterocycles. The van der Waals surface area contributed by atoms with E-state index < -0.39 is 0 Å². The summed E-state index contributed by atoms with van der Waals surface area (Å²) in [5.41, 5.74) is 0.689. The molecule has 0 saturated carbocycles. The lowest BCUT2D eigenvalue weighted by atomic mass is 10.2. The Kier molecular flexibility index (Phi) is 5.83. The highest BCUT2D eigenvalue weighted by molar-refractivity contribution is 7.16. The molecule has 0 bridgehead atoms. The molecule has 0 aliphatic heterocycles. The second-order valence-corrected chi connectivity index (χ2v) is 6.94. The smallest absolute Gasteiger partial charge is 0.282 e. The van der Waals surface area contributed by atoms with Crippen LogP contribution < -0.4 is 15.0 Å². The van der Waals surface area contributed by atoms with Crippen LogP contribution in [0.15, 0.2) is 36.4 Å². The number of nitrogens with one attached hydrogen (secondary N) is 2.